The molecule has 186 valence electrons. The number of carbonyl (C=O) groups is 3. The summed E-state index contributed by atoms with van der Waals surface area (Å²) in [5.74, 6) is -0.549. The molecule has 0 spiro atoms. The maximum Gasteiger partial charge on any atom is 0.291 e. The van der Waals surface area contributed by atoms with Gasteiger partial charge in [-0.25, -0.2) is 0 Å². The molecule has 0 aliphatic carbocycles. The predicted molar refractivity (Wildman–Crippen MR) is 140 cm³/mol. The third kappa shape index (κ3) is 5.76. The molecule has 37 heavy (non-hydrogen) atoms. The summed E-state index contributed by atoms with van der Waals surface area (Å²) in [7, 11) is 0. The molecule has 2 N–H and O–H groups in total. The lowest BCUT2D eigenvalue weighted by Gasteiger charge is -2.28. The summed E-state index contributed by atoms with van der Waals surface area (Å²) in [5.41, 5.74) is 3.73. The van der Waals surface area contributed by atoms with E-state index in [4.69, 9.17) is 9.15 Å². The summed E-state index contributed by atoms with van der Waals surface area (Å²) in [6.07, 6.45) is 1.43. The van der Waals surface area contributed by atoms with E-state index in [2.05, 4.69) is 15.5 Å². The zero-order valence-corrected chi connectivity index (χ0v) is 20.0. The second-order valence-electron chi connectivity index (χ2n) is 8.52. The molecule has 0 unspecified atom stereocenters. The Balaban J connectivity index is 1.18. The van der Waals surface area contributed by atoms with Gasteiger partial charge in [-0.2, -0.15) is 0 Å². The number of benzene rings is 3. The fourth-order valence-electron chi connectivity index (χ4n) is 4.03. The number of furan rings is 1. The number of ether oxygens (including phenoxy) is 1. The Morgan fingerprint density at radius 1 is 0.649 bits per heavy atom. The second-order valence-corrected chi connectivity index (χ2v) is 8.52. The van der Waals surface area contributed by atoms with Gasteiger partial charge in [0.15, 0.2) is 11.5 Å². The molecule has 1 aliphatic heterocycles. The zero-order chi connectivity index (χ0) is 25.6. The quantitative estimate of drug-likeness (QED) is 0.356. The lowest BCUT2D eigenvalue weighted by atomic mass is 10.0. The van der Waals surface area contributed by atoms with Crippen molar-refractivity contribution in [2.24, 2.45) is 0 Å². The van der Waals surface area contributed by atoms with E-state index >= 15 is 0 Å². The lowest BCUT2D eigenvalue weighted by Crippen LogP contribution is -2.36. The van der Waals surface area contributed by atoms with Crippen LogP contribution in [-0.4, -0.2) is 43.9 Å². The molecule has 1 aromatic heterocycles. The molecule has 2 heterocycles. The molecule has 0 saturated carbocycles. The highest BCUT2D eigenvalue weighted by Crippen LogP contribution is 2.19. The normalized spacial score (nSPS) is 13.1. The highest BCUT2D eigenvalue weighted by atomic mass is 16.5. The van der Waals surface area contributed by atoms with Gasteiger partial charge < -0.3 is 24.7 Å². The first-order valence-corrected chi connectivity index (χ1v) is 11.9. The first-order chi connectivity index (χ1) is 18.1. The first kappa shape index (κ1) is 24.0. The summed E-state index contributed by atoms with van der Waals surface area (Å²) in [6, 6.07) is 24.1. The van der Waals surface area contributed by atoms with Gasteiger partial charge in [0.05, 0.1) is 19.5 Å². The summed E-state index contributed by atoms with van der Waals surface area (Å²) < 4.78 is 10.5. The molecule has 4 aromatic rings. The molecule has 8 nitrogen and oxygen atoms in total. The number of nitrogens with one attached hydrogen (secondary N) is 2. The van der Waals surface area contributed by atoms with Crippen LogP contribution in [0, 0.1) is 0 Å². The van der Waals surface area contributed by atoms with Gasteiger partial charge in [0.25, 0.3) is 11.8 Å². The van der Waals surface area contributed by atoms with Crippen molar-refractivity contribution in [1.82, 2.24) is 0 Å². The average molecular weight is 496 g/mol. The van der Waals surface area contributed by atoms with Crippen LogP contribution in [0.25, 0.3) is 0 Å². The summed E-state index contributed by atoms with van der Waals surface area (Å²) in [4.78, 5) is 39.9. The fourth-order valence-corrected chi connectivity index (χ4v) is 4.03. The number of anilines is 3. The van der Waals surface area contributed by atoms with Crippen LogP contribution >= 0.6 is 0 Å². The fraction of sp³-hybridized carbons (Fsp3) is 0.138. The summed E-state index contributed by atoms with van der Waals surface area (Å²) in [6.45, 7) is 3.08. The molecular weight excluding hydrogens is 470 g/mol. The lowest BCUT2D eigenvalue weighted by molar-refractivity contribution is 0.0994. The van der Waals surface area contributed by atoms with E-state index in [9.17, 15) is 14.4 Å². The van der Waals surface area contributed by atoms with Crippen LogP contribution in [0.4, 0.5) is 17.1 Å². The standard InChI is InChI=1S/C29H25N3O5/c33-27(21-5-11-24(12-6-21)31-29(35)26-2-1-17-37-26)20-3-9-23(10-4-20)30-28(34)22-7-13-25(14-8-22)32-15-18-36-19-16-32/h1-14,17H,15-16,18-19H2,(H,30,34)(H,31,35). The van der Waals surface area contributed by atoms with Crippen molar-refractivity contribution in [2.45, 2.75) is 0 Å². The van der Waals surface area contributed by atoms with Crippen LogP contribution in [0.15, 0.2) is 95.6 Å². The van der Waals surface area contributed by atoms with Gasteiger partial charge >= 0.3 is 0 Å². The number of morpholine rings is 1. The van der Waals surface area contributed by atoms with Gasteiger partial charge in [-0.05, 0) is 84.9 Å². The van der Waals surface area contributed by atoms with Crippen LogP contribution in [0.5, 0.6) is 0 Å². The van der Waals surface area contributed by atoms with E-state index in [0.717, 1.165) is 18.8 Å². The van der Waals surface area contributed by atoms with Crippen LogP contribution in [-0.2, 0) is 4.74 Å². The molecule has 0 radical (unpaired) electrons. The Kier molecular flexibility index (Phi) is 7.09. The molecule has 1 aliphatic rings. The summed E-state index contributed by atoms with van der Waals surface area (Å²) in [5, 5.41) is 5.59. The molecule has 1 fully saturated rings. The number of hydrogen-bond donors (Lipinski definition) is 2. The Bertz CT molecular complexity index is 1370. The first-order valence-electron chi connectivity index (χ1n) is 11.9. The largest absolute Gasteiger partial charge is 0.459 e. The number of nitrogens with zero attached hydrogens (tertiary/aromatic N) is 1. The van der Waals surface area contributed by atoms with Crippen LogP contribution in [0.3, 0.4) is 0 Å². The van der Waals surface area contributed by atoms with Gasteiger partial charge in [-0.3, -0.25) is 14.4 Å². The molecule has 0 bridgehead atoms. The van der Waals surface area contributed by atoms with Crippen molar-refractivity contribution in [3.63, 3.8) is 0 Å². The molecule has 5 rings (SSSR count). The minimum atomic E-state index is -0.366. The van der Waals surface area contributed by atoms with E-state index in [1.165, 1.54) is 6.26 Å². The Morgan fingerprint density at radius 2 is 1.19 bits per heavy atom. The van der Waals surface area contributed by atoms with Crippen molar-refractivity contribution >= 4 is 34.7 Å². The Labute approximate surface area is 213 Å². The van der Waals surface area contributed by atoms with Crippen LogP contribution in [0.2, 0.25) is 0 Å². The topological polar surface area (TPSA) is 101 Å². The van der Waals surface area contributed by atoms with E-state index < -0.39 is 0 Å². The molecule has 3 aromatic carbocycles. The zero-order valence-electron chi connectivity index (χ0n) is 20.0. The van der Waals surface area contributed by atoms with Gasteiger partial charge in [0, 0.05) is 46.8 Å². The third-order valence-corrected chi connectivity index (χ3v) is 6.06. The van der Waals surface area contributed by atoms with Gasteiger partial charge in [-0.15, -0.1) is 0 Å². The van der Waals surface area contributed by atoms with Crippen molar-refractivity contribution < 1.29 is 23.5 Å². The Morgan fingerprint density at radius 3 is 1.73 bits per heavy atom. The van der Waals surface area contributed by atoms with Crippen molar-refractivity contribution in [2.75, 3.05) is 41.8 Å². The molecular formula is C29H25N3O5. The molecule has 8 heteroatoms. The number of hydrogen-bond acceptors (Lipinski definition) is 6. The number of carbonyl (C=O) groups excluding carboxylic acids is 3. The van der Waals surface area contributed by atoms with Gasteiger partial charge in [0.1, 0.15) is 0 Å². The Hall–Kier alpha value is -4.69. The average Bonchev–Trinajstić information content (AvgIpc) is 3.50. The third-order valence-electron chi connectivity index (χ3n) is 6.06. The monoisotopic (exact) mass is 495 g/mol. The maximum absolute atomic E-state index is 12.9. The maximum atomic E-state index is 12.9. The SMILES string of the molecule is O=C(Nc1ccc(C(=O)c2ccc(NC(=O)c3ccco3)cc2)cc1)c1ccc(N2CCOCC2)cc1. The highest BCUT2D eigenvalue weighted by molar-refractivity contribution is 6.10. The highest BCUT2D eigenvalue weighted by Gasteiger charge is 2.14. The smallest absolute Gasteiger partial charge is 0.291 e. The van der Waals surface area contributed by atoms with E-state index in [1.807, 2.05) is 12.1 Å². The second kappa shape index (κ2) is 10.9. The van der Waals surface area contributed by atoms with Crippen molar-refractivity contribution in [1.29, 1.82) is 0 Å². The van der Waals surface area contributed by atoms with E-state index in [-0.39, 0.29) is 23.4 Å². The molecule has 1 saturated heterocycles. The van der Waals surface area contributed by atoms with Crippen LogP contribution < -0.4 is 15.5 Å². The minimum Gasteiger partial charge on any atom is -0.459 e. The molecule has 0 atom stereocenters. The molecule has 2 amide bonds. The van der Waals surface area contributed by atoms with Crippen molar-refractivity contribution in [3.05, 3.63) is 114 Å². The number of rotatable bonds is 7. The predicted octanol–water partition coefficient (Wildman–Crippen LogP) is 4.85. The minimum absolute atomic E-state index is 0.166. The number of amides is 2. The summed E-state index contributed by atoms with van der Waals surface area (Å²) >= 11 is 0. The van der Waals surface area contributed by atoms with E-state index in [1.54, 1.807) is 72.8 Å². The van der Waals surface area contributed by atoms with Crippen LogP contribution in [0.1, 0.15) is 36.8 Å². The van der Waals surface area contributed by atoms with Gasteiger partial charge in [0.2, 0.25) is 0 Å². The van der Waals surface area contributed by atoms with Gasteiger partial charge in [-0.1, -0.05) is 0 Å². The van der Waals surface area contributed by atoms with E-state index in [0.29, 0.717) is 41.3 Å². The number of ketones is 1. The van der Waals surface area contributed by atoms with Crippen molar-refractivity contribution in [3.8, 4) is 0 Å².